The first-order chi connectivity index (χ1) is 10.0. The zero-order valence-corrected chi connectivity index (χ0v) is 13.5. The topological polar surface area (TPSA) is 24.9 Å². The van der Waals surface area contributed by atoms with Gasteiger partial charge in [-0.05, 0) is 29.0 Å². The molecule has 1 aromatic carbocycles. The van der Waals surface area contributed by atoms with E-state index in [1.807, 2.05) is 18.3 Å². The minimum atomic E-state index is 0.144. The number of hydrogen-bond donors (Lipinski definition) is 1. The lowest BCUT2D eigenvalue weighted by Gasteiger charge is -2.32. The summed E-state index contributed by atoms with van der Waals surface area (Å²) in [6.45, 7) is 10.1. The van der Waals surface area contributed by atoms with Crippen LogP contribution in [-0.4, -0.2) is 11.5 Å². The Kier molecular flexibility index (Phi) is 5.13. The fourth-order valence-electron chi connectivity index (χ4n) is 2.15. The molecule has 1 aromatic heterocycles. The van der Waals surface area contributed by atoms with Gasteiger partial charge < -0.3 is 5.32 Å². The van der Waals surface area contributed by atoms with Gasteiger partial charge >= 0.3 is 0 Å². The van der Waals surface area contributed by atoms with Crippen molar-refractivity contribution >= 4 is 0 Å². The highest BCUT2D eigenvalue weighted by Gasteiger charge is 2.24. The molecule has 0 aliphatic carbocycles. The minimum Gasteiger partial charge on any atom is -0.304 e. The number of nitrogens with zero attached hydrogens (tertiary/aromatic N) is 1. The van der Waals surface area contributed by atoms with E-state index in [1.54, 1.807) is 0 Å². The first-order valence-corrected chi connectivity index (χ1v) is 7.70. The molecule has 0 fully saturated rings. The van der Waals surface area contributed by atoms with Crippen molar-refractivity contribution in [3.63, 3.8) is 0 Å². The van der Waals surface area contributed by atoms with Crippen LogP contribution in [0.15, 0.2) is 54.7 Å². The summed E-state index contributed by atoms with van der Waals surface area (Å²) in [5.41, 5.74) is 2.58. The van der Waals surface area contributed by atoms with E-state index in [2.05, 4.69) is 74.4 Å². The maximum Gasteiger partial charge on any atom is 0.0751 e. The molecule has 2 aromatic rings. The van der Waals surface area contributed by atoms with Crippen LogP contribution < -0.4 is 5.32 Å². The van der Waals surface area contributed by atoms with Gasteiger partial charge in [-0.3, -0.25) is 4.98 Å². The van der Waals surface area contributed by atoms with Crippen molar-refractivity contribution in [1.29, 1.82) is 0 Å². The average molecular weight is 282 g/mol. The first kappa shape index (κ1) is 15.7. The SMILES string of the molecule is CC(C)C(C)(C)CNC(c1ccccc1)c1ccccn1. The number of pyridine rings is 1. The van der Waals surface area contributed by atoms with Gasteiger partial charge in [0.15, 0.2) is 0 Å². The standard InChI is InChI=1S/C19H26N2/c1-15(2)19(3,4)14-21-18(16-10-6-5-7-11-16)17-12-8-9-13-20-17/h5-13,15,18,21H,14H2,1-4H3. The van der Waals surface area contributed by atoms with Gasteiger partial charge in [0.1, 0.15) is 0 Å². The molecule has 0 saturated carbocycles. The van der Waals surface area contributed by atoms with Gasteiger partial charge in [-0.15, -0.1) is 0 Å². The van der Waals surface area contributed by atoms with Crippen molar-refractivity contribution in [1.82, 2.24) is 10.3 Å². The predicted octanol–water partition coefficient (Wildman–Crippen LogP) is 4.44. The molecule has 2 heteroatoms. The maximum absolute atomic E-state index is 4.54. The van der Waals surface area contributed by atoms with Crippen LogP contribution in [0.3, 0.4) is 0 Å². The zero-order chi connectivity index (χ0) is 15.3. The van der Waals surface area contributed by atoms with Gasteiger partial charge in [0.05, 0.1) is 11.7 Å². The Morgan fingerprint density at radius 2 is 1.67 bits per heavy atom. The fourth-order valence-corrected chi connectivity index (χ4v) is 2.15. The Hall–Kier alpha value is -1.67. The Morgan fingerprint density at radius 1 is 1.00 bits per heavy atom. The van der Waals surface area contributed by atoms with Crippen LogP contribution in [0.5, 0.6) is 0 Å². The van der Waals surface area contributed by atoms with Crippen molar-refractivity contribution in [2.45, 2.75) is 33.7 Å². The molecule has 2 rings (SSSR count). The molecular weight excluding hydrogens is 256 g/mol. The van der Waals surface area contributed by atoms with Crippen LogP contribution in [0.2, 0.25) is 0 Å². The number of rotatable bonds is 6. The van der Waals surface area contributed by atoms with E-state index in [0.717, 1.165) is 12.2 Å². The summed E-state index contributed by atoms with van der Waals surface area (Å²) >= 11 is 0. The second kappa shape index (κ2) is 6.86. The number of aromatic nitrogens is 1. The van der Waals surface area contributed by atoms with Gasteiger partial charge in [0.2, 0.25) is 0 Å². The highest BCUT2D eigenvalue weighted by Crippen LogP contribution is 2.27. The highest BCUT2D eigenvalue weighted by atomic mass is 14.9. The predicted molar refractivity (Wildman–Crippen MR) is 89.1 cm³/mol. The summed E-state index contributed by atoms with van der Waals surface area (Å²) in [7, 11) is 0. The Morgan fingerprint density at radius 3 is 2.24 bits per heavy atom. The number of hydrogen-bond acceptors (Lipinski definition) is 2. The van der Waals surface area contributed by atoms with E-state index < -0.39 is 0 Å². The fraction of sp³-hybridized carbons (Fsp3) is 0.421. The molecule has 0 amide bonds. The molecule has 0 aliphatic rings. The highest BCUT2D eigenvalue weighted by molar-refractivity contribution is 5.27. The molecule has 0 bridgehead atoms. The summed E-state index contributed by atoms with van der Waals surface area (Å²) < 4.78 is 0. The molecule has 1 heterocycles. The maximum atomic E-state index is 4.54. The summed E-state index contributed by atoms with van der Waals surface area (Å²) in [6.07, 6.45) is 1.86. The van der Waals surface area contributed by atoms with Crippen LogP contribution in [0.4, 0.5) is 0 Å². The van der Waals surface area contributed by atoms with Gasteiger partial charge in [-0.1, -0.05) is 64.1 Å². The van der Waals surface area contributed by atoms with Crippen molar-refractivity contribution < 1.29 is 0 Å². The van der Waals surface area contributed by atoms with Crippen molar-refractivity contribution in [2.75, 3.05) is 6.54 Å². The summed E-state index contributed by atoms with van der Waals surface area (Å²) in [6, 6.07) is 16.8. The smallest absolute Gasteiger partial charge is 0.0751 e. The zero-order valence-electron chi connectivity index (χ0n) is 13.5. The van der Waals surface area contributed by atoms with E-state index in [-0.39, 0.29) is 11.5 Å². The van der Waals surface area contributed by atoms with Crippen molar-refractivity contribution in [3.05, 3.63) is 66.0 Å². The molecule has 21 heavy (non-hydrogen) atoms. The third-order valence-corrected chi connectivity index (χ3v) is 4.44. The van der Waals surface area contributed by atoms with Gasteiger partial charge in [-0.2, -0.15) is 0 Å². The molecular formula is C19H26N2. The third kappa shape index (κ3) is 4.15. The van der Waals surface area contributed by atoms with Gasteiger partial charge in [0, 0.05) is 12.7 Å². The van der Waals surface area contributed by atoms with Crippen molar-refractivity contribution in [2.24, 2.45) is 11.3 Å². The Labute approximate surface area is 128 Å². The largest absolute Gasteiger partial charge is 0.304 e. The minimum absolute atomic E-state index is 0.144. The molecule has 0 aliphatic heterocycles. The molecule has 2 nitrogen and oxygen atoms in total. The molecule has 0 saturated heterocycles. The summed E-state index contributed by atoms with van der Waals surface area (Å²) in [5.74, 6) is 0.630. The van der Waals surface area contributed by atoms with E-state index in [0.29, 0.717) is 5.92 Å². The number of benzene rings is 1. The normalized spacial score (nSPS) is 13.4. The Bertz CT molecular complexity index is 493. The van der Waals surface area contributed by atoms with E-state index >= 15 is 0 Å². The second-order valence-corrected chi connectivity index (χ2v) is 6.62. The molecule has 112 valence electrons. The van der Waals surface area contributed by atoms with E-state index in [4.69, 9.17) is 0 Å². The lowest BCUT2D eigenvalue weighted by molar-refractivity contribution is 0.232. The van der Waals surface area contributed by atoms with Crippen LogP contribution in [0.25, 0.3) is 0 Å². The monoisotopic (exact) mass is 282 g/mol. The second-order valence-electron chi connectivity index (χ2n) is 6.62. The quantitative estimate of drug-likeness (QED) is 0.847. The van der Waals surface area contributed by atoms with E-state index in [1.165, 1.54) is 5.56 Å². The van der Waals surface area contributed by atoms with E-state index in [9.17, 15) is 0 Å². The Balaban J connectivity index is 2.22. The van der Waals surface area contributed by atoms with Crippen LogP contribution >= 0.6 is 0 Å². The number of nitrogens with one attached hydrogen (secondary N) is 1. The van der Waals surface area contributed by atoms with Crippen LogP contribution in [0.1, 0.15) is 45.0 Å². The molecule has 1 N–H and O–H groups in total. The third-order valence-electron chi connectivity index (χ3n) is 4.44. The summed E-state index contributed by atoms with van der Waals surface area (Å²) in [5, 5.41) is 3.71. The first-order valence-electron chi connectivity index (χ1n) is 7.70. The molecule has 1 unspecified atom stereocenters. The summed E-state index contributed by atoms with van der Waals surface area (Å²) in [4.78, 5) is 4.54. The van der Waals surface area contributed by atoms with Crippen LogP contribution in [0, 0.1) is 11.3 Å². The average Bonchev–Trinajstić information content (AvgIpc) is 2.49. The lowest BCUT2D eigenvalue weighted by atomic mass is 9.81. The van der Waals surface area contributed by atoms with Gasteiger partial charge in [0.25, 0.3) is 0 Å². The molecule has 0 spiro atoms. The van der Waals surface area contributed by atoms with Crippen LogP contribution in [-0.2, 0) is 0 Å². The van der Waals surface area contributed by atoms with Crippen molar-refractivity contribution in [3.8, 4) is 0 Å². The van der Waals surface area contributed by atoms with Gasteiger partial charge in [-0.25, -0.2) is 0 Å². The molecule has 1 atom stereocenters. The molecule has 0 radical (unpaired) electrons. The lowest BCUT2D eigenvalue weighted by Crippen LogP contribution is -2.36.